The van der Waals surface area contributed by atoms with Gasteiger partial charge in [-0.2, -0.15) is 5.10 Å². The minimum Gasteiger partial charge on any atom is -0.490 e. The Morgan fingerprint density at radius 3 is 2.40 bits per heavy atom. The van der Waals surface area contributed by atoms with Crippen molar-refractivity contribution in [3.63, 3.8) is 0 Å². The summed E-state index contributed by atoms with van der Waals surface area (Å²) in [6, 6.07) is 18.6. The van der Waals surface area contributed by atoms with Gasteiger partial charge in [-0.05, 0) is 60.5 Å². The fourth-order valence-corrected chi connectivity index (χ4v) is 3.47. The van der Waals surface area contributed by atoms with E-state index >= 15 is 0 Å². The van der Waals surface area contributed by atoms with Crippen molar-refractivity contribution in [1.29, 1.82) is 0 Å². The van der Waals surface area contributed by atoms with Gasteiger partial charge in [0.15, 0.2) is 11.5 Å². The van der Waals surface area contributed by atoms with Crippen molar-refractivity contribution in [2.24, 2.45) is 5.10 Å². The first-order valence-corrected chi connectivity index (χ1v) is 10.5. The maximum absolute atomic E-state index is 6.17. The second-order valence-corrected chi connectivity index (χ2v) is 7.60. The Kier molecular flexibility index (Phi) is 8.26. The predicted octanol–water partition coefficient (Wildman–Crippen LogP) is 6.75. The van der Waals surface area contributed by atoms with Crippen LogP contribution in [0, 0.1) is 0 Å². The van der Waals surface area contributed by atoms with Gasteiger partial charge < -0.3 is 14.9 Å². The molecule has 0 spiro atoms. The van der Waals surface area contributed by atoms with Gasteiger partial charge >= 0.3 is 0 Å². The van der Waals surface area contributed by atoms with Crippen LogP contribution in [-0.4, -0.2) is 12.8 Å². The molecule has 3 aromatic carbocycles. The minimum atomic E-state index is 0.397. The first-order valence-electron chi connectivity index (χ1n) is 9.39. The molecule has 0 unspecified atom stereocenters. The van der Waals surface area contributed by atoms with E-state index in [0.29, 0.717) is 46.3 Å². The van der Waals surface area contributed by atoms with E-state index in [9.17, 15) is 0 Å². The Morgan fingerprint density at radius 1 is 0.900 bits per heavy atom. The molecule has 0 atom stereocenters. The monoisotopic (exact) mass is 462 g/mol. The van der Waals surface area contributed by atoms with Crippen LogP contribution in [-0.2, 0) is 13.2 Å². The lowest BCUT2D eigenvalue weighted by molar-refractivity contribution is 0.269. The van der Waals surface area contributed by atoms with Crippen LogP contribution in [0.5, 0.6) is 11.5 Å². The third-order valence-corrected chi connectivity index (χ3v) is 5.12. The van der Waals surface area contributed by atoms with E-state index in [1.165, 1.54) is 0 Å². The van der Waals surface area contributed by atoms with Crippen LogP contribution in [0.1, 0.15) is 23.6 Å². The van der Waals surface area contributed by atoms with E-state index in [2.05, 4.69) is 10.5 Å². The molecule has 0 fully saturated rings. The van der Waals surface area contributed by atoms with Crippen LogP contribution in [0.25, 0.3) is 0 Å². The smallest absolute Gasteiger partial charge is 0.161 e. The quantitative estimate of drug-likeness (QED) is 0.282. The summed E-state index contributed by atoms with van der Waals surface area (Å²) in [5.74, 6) is 1.31. The second-order valence-electron chi connectivity index (χ2n) is 6.35. The van der Waals surface area contributed by atoms with Crippen molar-refractivity contribution in [2.75, 3.05) is 6.61 Å². The van der Waals surface area contributed by atoms with Crippen LogP contribution < -0.4 is 14.9 Å². The fraction of sp³-hybridized carbons (Fsp3) is 0.174. The maximum Gasteiger partial charge on any atom is 0.161 e. The Balaban J connectivity index is 1.64. The molecule has 0 amide bonds. The molecule has 0 aliphatic carbocycles. The third-order valence-electron chi connectivity index (χ3n) is 4.17. The largest absolute Gasteiger partial charge is 0.490 e. The summed E-state index contributed by atoms with van der Waals surface area (Å²) in [6.07, 6.45) is 1.70. The average Bonchev–Trinajstić information content (AvgIpc) is 2.72. The highest BCUT2D eigenvalue weighted by molar-refractivity contribution is 6.36. The summed E-state index contributed by atoms with van der Waals surface area (Å²) in [4.78, 5) is 0. The van der Waals surface area contributed by atoms with Crippen molar-refractivity contribution < 1.29 is 9.47 Å². The molecule has 4 nitrogen and oxygen atoms in total. The highest BCUT2D eigenvalue weighted by Gasteiger charge is 2.07. The lowest BCUT2D eigenvalue weighted by atomic mass is 10.2. The topological polar surface area (TPSA) is 42.8 Å². The standard InChI is InChI=1S/C23H21Cl3N2O2/c1-2-29-23-12-16(13-27-28-14-19-20(25)7-4-8-21(19)26)9-10-22(23)30-15-17-5-3-6-18(24)11-17/h3-13,28H,2,14-15H2,1H3/b27-13+. The Labute approximate surface area is 191 Å². The van der Waals surface area contributed by atoms with E-state index in [-0.39, 0.29) is 0 Å². The lowest BCUT2D eigenvalue weighted by Crippen LogP contribution is -2.07. The summed E-state index contributed by atoms with van der Waals surface area (Å²) in [7, 11) is 0. The Morgan fingerprint density at radius 2 is 1.67 bits per heavy atom. The van der Waals surface area contributed by atoms with Gasteiger partial charge in [-0.1, -0.05) is 53.0 Å². The van der Waals surface area contributed by atoms with Gasteiger partial charge in [0.2, 0.25) is 0 Å². The zero-order valence-electron chi connectivity index (χ0n) is 16.4. The van der Waals surface area contributed by atoms with Crippen molar-refractivity contribution in [3.05, 3.63) is 92.4 Å². The first-order chi connectivity index (χ1) is 14.6. The van der Waals surface area contributed by atoms with Crippen LogP contribution in [0.15, 0.2) is 65.8 Å². The van der Waals surface area contributed by atoms with Crippen LogP contribution >= 0.6 is 34.8 Å². The summed E-state index contributed by atoms with van der Waals surface area (Å²) in [6.45, 7) is 3.27. The highest BCUT2D eigenvalue weighted by Crippen LogP contribution is 2.29. The van der Waals surface area contributed by atoms with Crippen LogP contribution in [0.4, 0.5) is 0 Å². The number of benzene rings is 3. The molecule has 1 N–H and O–H groups in total. The van der Waals surface area contributed by atoms with E-state index < -0.39 is 0 Å². The number of ether oxygens (including phenoxy) is 2. The summed E-state index contributed by atoms with van der Waals surface area (Å²) in [5, 5.41) is 6.13. The molecule has 7 heteroatoms. The first kappa shape index (κ1) is 22.3. The molecular weight excluding hydrogens is 443 g/mol. The zero-order chi connectivity index (χ0) is 21.3. The van der Waals surface area contributed by atoms with Crippen molar-refractivity contribution in [3.8, 4) is 11.5 Å². The average molecular weight is 464 g/mol. The lowest BCUT2D eigenvalue weighted by Gasteiger charge is -2.13. The van der Waals surface area contributed by atoms with E-state index in [1.807, 2.05) is 55.5 Å². The number of hydrogen-bond acceptors (Lipinski definition) is 4. The van der Waals surface area contributed by atoms with E-state index in [0.717, 1.165) is 16.7 Å². The SMILES string of the molecule is CCOc1cc(/C=N/NCc2c(Cl)cccc2Cl)ccc1OCc1cccc(Cl)c1. The van der Waals surface area contributed by atoms with Crippen molar-refractivity contribution in [2.45, 2.75) is 20.1 Å². The molecule has 30 heavy (non-hydrogen) atoms. The molecular formula is C23H21Cl3N2O2. The summed E-state index contributed by atoms with van der Waals surface area (Å²) >= 11 is 18.4. The molecule has 3 aromatic rings. The molecule has 0 aliphatic rings. The number of halogens is 3. The summed E-state index contributed by atoms with van der Waals surface area (Å²) < 4.78 is 11.7. The van der Waals surface area contributed by atoms with Crippen molar-refractivity contribution in [1.82, 2.24) is 5.43 Å². The maximum atomic E-state index is 6.17. The normalized spacial score (nSPS) is 10.9. The van der Waals surface area contributed by atoms with Crippen molar-refractivity contribution >= 4 is 41.0 Å². The van der Waals surface area contributed by atoms with Gasteiger partial charge in [0.1, 0.15) is 6.61 Å². The van der Waals surface area contributed by atoms with E-state index in [4.69, 9.17) is 44.3 Å². The molecule has 3 rings (SSSR count). The molecule has 0 aromatic heterocycles. The highest BCUT2D eigenvalue weighted by atomic mass is 35.5. The van der Waals surface area contributed by atoms with Gasteiger partial charge in [-0.3, -0.25) is 0 Å². The zero-order valence-corrected chi connectivity index (χ0v) is 18.6. The minimum absolute atomic E-state index is 0.397. The van der Waals surface area contributed by atoms with Crippen LogP contribution in [0.2, 0.25) is 15.1 Å². The molecule has 0 aliphatic heterocycles. The fourth-order valence-electron chi connectivity index (χ4n) is 2.73. The molecule has 0 saturated heterocycles. The Bertz CT molecular complexity index is 1000. The van der Waals surface area contributed by atoms with Gasteiger partial charge in [0.25, 0.3) is 0 Å². The molecule has 0 radical (unpaired) electrons. The number of nitrogens with zero attached hydrogens (tertiary/aromatic N) is 1. The predicted molar refractivity (Wildman–Crippen MR) is 124 cm³/mol. The van der Waals surface area contributed by atoms with Gasteiger partial charge in [0.05, 0.1) is 19.4 Å². The molecule has 0 bridgehead atoms. The third kappa shape index (κ3) is 6.30. The number of nitrogens with one attached hydrogen (secondary N) is 1. The van der Waals surface area contributed by atoms with Crippen LogP contribution in [0.3, 0.4) is 0 Å². The second kappa shape index (κ2) is 11.1. The number of hydrogen-bond donors (Lipinski definition) is 1. The molecule has 0 heterocycles. The van der Waals surface area contributed by atoms with Gasteiger partial charge in [-0.15, -0.1) is 0 Å². The van der Waals surface area contributed by atoms with Gasteiger partial charge in [0, 0.05) is 20.6 Å². The number of rotatable bonds is 9. The Hall–Kier alpha value is -2.40. The van der Waals surface area contributed by atoms with E-state index in [1.54, 1.807) is 18.3 Å². The molecule has 0 saturated carbocycles. The van der Waals surface area contributed by atoms with Gasteiger partial charge in [-0.25, -0.2) is 0 Å². The summed E-state index contributed by atoms with van der Waals surface area (Å²) in [5.41, 5.74) is 5.62. The number of hydrazone groups is 1. The molecule has 156 valence electrons.